The fourth-order valence-electron chi connectivity index (χ4n) is 1.92. The molecule has 1 aromatic rings. The van der Waals surface area contributed by atoms with Gasteiger partial charge in [0, 0.05) is 24.7 Å². The van der Waals surface area contributed by atoms with Crippen LogP contribution in [0.4, 0.5) is 0 Å². The Morgan fingerprint density at radius 2 is 1.82 bits per heavy atom. The zero-order chi connectivity index (χ0) is 12.3. The number of methoxy groups -OCH3 is 1. The molecule has 0 N–H and O–H groups in total. The minimum Gasteiger partial charge on any atom is -0.486 e. The summed E-state index contributed by atoms with van der Waals surface area (Å²) in [5.74, 6) is 1.53. The van der Waals surface area contributed by atoms with Crippen LogP contribution in [0, 0.1) is 0 Å². The summed E-state index contributed by atoms with van der Waals surface area (Å²) in [5.41, 5.74) is 1.83. The first-order chi connectivity index (χ1) is 8.22. The summed E-state index contributed by atoms with van der Waals surface area (Å²) in [5, 5.41) is 0. The van der Waals surface area contributed by atoms with Crippen molar-refractivity contribution < 1.29 is 19.0 Å². The number of carbonyl (C=O) groups is 1. The number of rotatable bonds is 4. The number of carbonyl (C=O) groups excluding carboxylic acids is 1. The van der Waals surface area contributed by atoms with Crippen LogP contribution in [0.1, 0.15) is 18.1 Å². The maximum Gasteiger partial charge on any atom is 0.167 e. The van der Waals surface area contributed by atoms with E-state index in [-0.39, 0.29) is 5.78 Å². The highest BCUT2D eigenvalue weighted by Gasteiger charge is 2.20. The first-order valence-corrected chi connectivity index (χ1v) is 5.61. The fraction of sp³-hybridized carbons (Fsp3) is 0.462. The lowest BCUT2D eigenvalue weighted by molar-refractivity contribution is -0.116. The third kappa shape index (κ3) is 2.58. The molecule has 92 valence electrons. The lowest BCUT2D eigenvalue weighted by Gasteiger charge is -2.23. The van der Waals surface area contributed by atoms with E-state index in [1.54, 1.807) is 14.0 Å². The Morgan fingerprint density at radius 3 is 2.41 bits per heavy atom. The predicted molar refractivity (Wildman–Crippen MR) is 62.5 cm³/mol. The molecule has 17 heavy (non-hydrogen) atoms. The van der Waals surface area contributed by atoms with E-state index in [0.717, 1.165) is 16.9 Å². The van der Waals surface area contributed by atoms with E-state index >= 15 is 0 Å². The summed E-state index contributed by atoms with van der Waals surface area (Å²) in [6.07, 6.45) is 0.374. The average molecular weight is 236 g/mol. The van der Waals surface area contributed by atoms with Gasteiger partial charge in [0.25, 0.3) is 0 Å². The van der Waals surface area contributed by atoms with E-state index in [0.29, 0.717) is 32.0 Å². The molecule has 1 aliphatic rings. The maximum atomic E-state index is 11.2. The molecule has 0 aliphatic carbocycles. The van der Waals surface area contributed by atoms with Gasteiger partial charge in [-0.3, -0.25) is 4.79 Å². The molecule has 0 saturated heterocycles. The van der Waals surface area contributed by atoms with Crippen molar-refractivity contribution in [3.8, 4) is 11.5 Å². The Labute approximate surface area is 100 Å². The van der Waals surface area contributed by atoms with Gasteiger partial charge >= 0.3 is 0 Å². The fourth-order valence-corrected chi connectivity index (χ4v) is 1.92. The van der Waals surface area contributed by atoms with Crippen LogP contribution in [0.15, 0.2) is 12.1 Å². The molecule has 2 rings (SSSR count). The van der Waals surface area contributed by atoms with Crippen molar-refractivity contribution in [2.45, 2.75) is 20.0 Å². The third-order valence-corrected chi connectivity index (χ3v) is 2.59. The van der Waals surface area contributed by atoms with Crippen molar-refractivity contribution in [2.75, 3.05) is 20.3 Å². The van der Waals surface area contributed by atoms with Crippen LogP contribution < -0.4 is 9.47 Å². The van der Waals surface area contributed by atoms with Gasteiger partial charge in [-0.1, -0.05) is 12.1 Å². The van der Waals surface area contributed by atoms with E-state index in [1.165, 1.54) is 0 Å². The van der Waals surface area contributed by atoms with Crippen LogP contribution in [0.2, 0.25) is 0 Å². The normalized spacial score (nSPS) is 13.5. The lowest BCUT2D eigenvalue weighted by atomic mass is 10.0. The second-order valence-electron chi connectivity index (χ2n) is 4.05. The van der Waals surface area contributed by atoms with Gasteiger partial charge in [-0.25, -0.2) is 0 Å². The van der Waals surface area contributed by atoms with E-state index in [9.17, 15) is 4.79 Å². The Balaban J connectivity index is 2.39. The molecule has 0 saturated carbocycles. The molecule has 0 amide bonds. The molecule has 4 heteroatoms. The standard InChI is InChI=1S/C13H16O4/c1-9(14)7-10-3-4-11(8-15-2)13-12(10)16-5-6-17-13/h3-4H,5-8H2,1-2H3. The summed E-state index contributed by atoms with van der Waals surface area (Å²) in [6.45, 7) is 3.10. The van der Waals surface area contributed by atoms with Gasteiger partial charge in [-0.2, -0.15) is 0 Å². The molecule has 0 aromatic heterocycles. The van der Waals surface area contributed by atoms with Crippen molar-refractivity contribution in [1.29, 1.82) is 0 Å². The number of fused-ring (bicyclic) bond motifs is 1. The number of hydrogen-bond donors (Lipinski definition) is 0. The first-order valence-electron chi connectivity index (χ1n) is 5.61. The molecule has 1 aromatic carbocycles. The molecular weight excluding hydrogens is 220 g/mol. The Kier molecular flexibility index (Phi) is 3.64. The van der Waals surface area contributed by atoms with Crippen LogP contribution in [-0.4, -0.2) is 26.1 Å². The van der Waals surface area contributed by atoms with Crippen LogP contribution in [0.25, 0.3) is 0 Å². The molecule has 0 bridgehead atoms. The smallest absolute Gasteiger partial charge is 0.167 e. The van der Waals surface area contributed by atoms with Crippen molar-refractivity contribution >= 4 is 5.78 Å². The molecular formula is C13H16O4. The van der Waals surface area contributed by atoms with Crippen molar-refractivity contribution in [3.63, 3.8) is 0 Å². The van der Waals surface area contributed by atoms with Gasteiger partial charge < -0.3 is 14.2 Å². The number of ether oxygens (including phenoxy) is 3. The Bertz CT molecular complexity index is 426. The zero-order valence-corrected chi connectivity index (χ0v) is 10.1. The highest BCUT2D eigenvalue weighted by molar-refractivity contribution is 5.79. The van der Waals surface area contributed by atoms with E-state index in [2.05, 4.69) is 0 Å². The van der Waals surface area contributed by atoms with Gasteiger partial charge in [-0.05, 0) is 6.92 Å². The van der Waals surface area contributed by atoms with E-state index < -0.39 is 0 Å². The molecule has 0 spiro atoms. The summed E-state index contributed by atoms with van der Waals surface area (Å²) in [7, 11) is 1.64. The monoisotopic (exact) mass is 236 g/mol. The molecule has 4 nitrogen and oxygen atoms in total. The number of ketones is 1. The van der Waals surface area contributed by atoms with Gasteiger partial charge in [-0.15, -0.1) is 0 Å². The molecule has 0 unspecified atom stereocenters. The van der Waals surface area contributed by atoms with E-state index in [4.69, 9.17) is 14.2 Å². The molecule has 1 heterocycles. The van der Waals surface area contributed by atoms with Crippen LogP contribution in [-0.2, 0) is 22.6 Å². The summed E-state index contributed by atoms with van der Waals surface area (Å²) < 4.78 is 16.3. The van der Waals surface area contributed by atoms with Crippen molar-refractivity contribution in [1.82, 2.24) is 0 Å². The first kappa shape index (κ1) is 11.9. The lowest BCUT2D eigenvalue weighted by Crippen LogP contribution is -2.18. The minimum atomic E-state index is 0.112. The van der Waals surface area contributed by atoms with Gasteiger partial charge in [0.05, 0.1) is 6.61 Å². The number of Topliss-reactive ketones (excluding diaryl/α,β-unsaturated/α-hetero) is 1. The van der Waals surface area contributed by atoms with Gasteiger partial charge in [0.2, 0.25) is 0 Å². The molecule has 1 aliphatic heterocycles. The number of hydrogen-bond acceptors (Lipinski definition) is 4. The third-order valence-electron chi connectivity index (χ3n) is 2.59. The van der Waals surface area contributed by atoms with Gasteiger partial charge in [0.15, 0.2) is 11.5 Å². The van der Waals surface area contributed by atoms with Crippen LogP contribution in [0.3, 0.4) is 0 Å². The molecule has 0 radical (unpaired) electrons. The maximum absolute atomic E-state index is 11.2. The highest BCUT2D eigenvalue weighted by Crippen LogP contribution is 2.37. The summed E-state index contributed by atoms with van der Waals surface area (Å²) in [4.78, 5) is 11.2. The van der Waals surface area contributed by atoms with Crippen LogP contribution in [0.5, 0.6) is 11.5 Å². The second-order valence-corrected chi connectivity index (χ2v) is 4.05. The molecule has 0 fully saturated rings. The predicted octanol–water partition coefficient (Wildman–Crippen LogP) is 1.74. The summed E-state index contributed by atoms with van der Waals surface area (Å²) in [6, 6.07) is 3.83. The summed E-state index contributed by atoms with van der Waals surface area (Å²) >= 11 is 0. The van der Waals surface area contributed by atoms with Gasteiger partial charge in [0.1, 0.15) is 19.0 Å². The number of benzene rings is 1. The molecule has 0 atom stereocenters. The quantitative estimate of drug-likeness (QED) is 0.798. The van der Waals surface area contributed by atoms with Crippen LogP contribution >= 0.6 is 0 Å². The Morgan fingerprint density at radius 1 is 1.24 bits per heavy atom. The largest absolute Gasteiger partial charge is 0.486 e. The van der Waals surface area contributed by atoms with E-state index in [1.807, 2.05) is 12.1 Å². The minimum absolute atomic E-state index is 0.112. The van der Waals surface area contributed by atoms with Crippen molar-refractivity contribution in [3.05, 3.63) is 23.3 Å². The zero-order valence-electron chi connectivity index (χ0n) is 10.1. The topological polar surface area (TPSA) is 44.8 Å². The Hall–Kier alpha value is -1.55. The second kappa shape index (κ2) is 5.19. The average Bonchev–Trinajstić information content (AvgIpc) is 2.32. The van der Waals surface area contributed by atoms with Crippen molar-refractivity contribution in [2.24, 2.45) is 0 Å². The highest BCUT2D eigenvalue weighted by atomic mass is 16.6. The SMILES string of the molecule is COCc1ccc(CC(C)=O)c2c1OCCO2.